The molecule has 6 heteroatoms. The van der Waals surface area contributed by atoms with Gasteiger partial charge in [0.25, 0.3) is 0 Å². The van der Waals surface area contributed by atoms with Crippen molar-refractivity contribution in [3.8, 4) is 0 Å². The van der Waals surface area contributed by atoms with Gasteiger partial charge in [0.15, 0.2) is 5.60 Å². The fourth-order valence-electron chi connectivity index (χ4n) is 1.40. The van der Waals surface area contributed by atoms with Crippen LogP contribution in [-0.2, 0) is 14.3 Å². The van der Waals surface area contributed by atoms with Gasteiger partial charge >= 0.3 is 5.97 Å². The summed E-state index contributed by atoms with van der Waals surface area (Å²) in [6.45, 7) is 1.37. The minimum Gasteiger partial charge on any atom is -0.479 e. The summed E-state index contributed by atoms with van der Waals surface area (Å²) in [6, 6.07) is 0. The highest BCUT2D eigenvalue weighted by atomic mass is 16.5. The fourth-order valence-corrected chi connectivity index (χ4v) is 1.40. The van der Waals surface area contributed by atoms with Crippen molar-refractivity contribution < 1.29 is 24.5 Å². The molecule has 1 heterocycles. The molecule has 6 nitrogen and oxygen atoms in total. The van der Waals surface area contributed by atoms with Crippen molar-refractivity contribution in [1.29, 1.82) is 0 Å². The molecule has 1 rings (SSSR count). The van der Waals surface area contributed by atoms with E-state index in [1.165, 1.54) is 0 Å². The van der Waals surface area contributed by atoms with E-state index in [1.807, 2.05) is 0 Å². The Morgan fingerprint density at radius 3 is 2.69 bits per heavy atom. The molecule has 16 heavy (non-hydrogen) atoms. The monoisotopic (exact) mass is 231 g/mol. The molecule has 0 aliphatic carbocycles. The Balaban J connectivity index is 2.37. The number of amides is 1. The zero-order valence-corrected chi connectivity index (χ0v) is 9.23. The molecule has 0 aromatic heterocycles. The van der Waals surface area contributed by atoms with Crippen LogP contribution in [0, 0.1) is 0 Å². The number of ether oxygens (including phenoxy) is 1. The third-order valence-electron chi connectivity index (χ3n) is 2.54. The summed E-state index contributed by atoms with van der Waals surface area (Å²) in [5, 5.41) is 20.4. The number of hydrogen-bond acceptors (Lipinski definition) is 4. The first kappa shape index (κ1) is 12.9. The molecule has 0 aromatic rings. The van der Waals surface area contributed by atoms with Crippen LogP contribution in [0.5, 0.6) is 0 Å². The van der Waals surface area contributed by atoms with Crippen LogP contribution in [0.1, 0.15) is 26.2 Å². The molecule has 92 valence electrons. The zero-order valence-electron chi connectivity index (χ0n) is 9.23. The lowest BCUT2D eigenvalue weighted by atomic mass is 10.1. The van der Waals surface area contributed by atoms with Crippen LogP contribution in [0.3, 0.4) is 0 Å². The molecule has 1 aliphatic heterocycles. The number of carbonyl (C=O) groups is 2. The molecule has 1 saturated heterocycles. The van der Waals surface area contributed by atoms with Crippen LogP contribution in [0.25, 0.3) is 0 Å². The molecule has 2 atom stereocenters. The van der Waals surface area contributed by atoms with Gasteiger partial charge in [-0.2, -0.15) is 0 Å². The van der Waals surface area contributed by atoms with Gasteiger partial charge in [-0.05, 0) is 26.2 Å². The lowest BCUT2D eigenvalue weighted by molar-refractivity contribution is -0.156. The Labute approximate surface area is 93.6 Å². The molecule has 0 radical (unpaired) electrons. The predicted octanol–water partition coefficient (Wildman–Crippen LogP) is -0.493. The summed E-state index contributed by atoms with van der Waals surface area (Å²) in [4.78, 5) is 22.1. The second-order valence-corrected chi connectivity index (χ2v) is 4.15. The van der Waals surface area contributed by atoms with E-state index in [0.29, 0.717) is 13.0 Å². The van der Waals surface area contributed by atoms with E-state index in [0.717, 1.165) is 19.8 Å². The highest BCUT2D eigenvalue weighted by Gasteiger charge is 2.31. The molecule has 1 amide bonds. The van der Waals surface area contributed by atoms with Crippen LogP contribution < -0.4 is 5.32 Å². The number of aliphatic hydroxyl groups is 1. The number of carbonyl (C=O) groups excluding carboxylic acids is 1. The first-order valence-electron chi connectivity index (χ1n) is 5.28. The average Bonchev–Trinajstić information content (AvgIpc) is 2.27. The Bertz CT molecular complexity index is 270. The standard InChI is InChI=1S/C10H17NO5/c1-10(15,9(13)14)6-11-8(12)7-4-2-3-5-16-7/h7,15H,2-6H2,1H3,(H,11,12)(H,13,14). The van der Waals surface area contributed by atoms with Crippen LogP contribution in [0.15, 0.2) is 0 Å². The maximum absolute atomic E-state index is 11.5. The van der Waals surface area contributed by atoms with Crippen molar-refractivity contribution in [3.63, 3.8) is 0 Å². The van der Waals surface area contributed by atoms with Crippen molar-refractivity contribution in [2.45, 2.75) is 37.9 Å². The second-order valence-electron chi connectivity index (χ2n) is 4.15. The molecule has 0 spiro atoms. The zero-order chi connectivity index (χ0) is 12.2. The smallest absolute Gasteiger partial charge is 0.337 e. The molecule has 0 saturated carbocycles. The highest BCUT2D eigenvalue weighted by Crippen LogP contribution is 2.12. The van der Waals surface area contributed by atoms with Crippen LogP contribution in [0.2, 0.25) is 0 Å². The fraction of sp³-hybridized carbons (Fsp3) is 0.800. The summed E-state index contributed by atoms with van der Waals surface area (Å²) in [7, 11) is 0. The van der Waals surface area contributed by atoms with Gasteiger partial charge in [-0.25, -0.2) is 4.79 Å². The van der Waals surface area contributed by atoms with Gasteiger partial charge in [0.05, 0.1) is 6.54 Å². The molecule has 2 unspecified atom stereocenters. The van der Waals surface area contributed by atoms with Gasteiger partial charge < -0.3 is 20.3 Å². The average molecular weight is 231 g/mol. The van der Waals surface area contributed by atoms with Gasteiger partial charge in [-0.1, -0.05) is 0 Å². The molecular weight excluding hydrogens is 214 g/mol. The lowest BCUT2D eigenvalue weighted by Crippen LogP contribution is -2.49. The third kappa shape index (κ3) is 3.46. The number of aliphatic carboxylic acids is 1. The third-order valence-corrected chi connectivity index (χ3v) is 2.54. The maximum atomic E-state index is 11.5. The van der Waals surface area contributed by atoms with Crippen molar-refractivity contribution in [2.75, 3.05) is 13.2 Å². The van der Waals surface area contributed by atoms with Crippen molar-refractivity contribution in [1.82, 2.24) is 5.32 Å². The number of nitrogens with one attached hydrogen (secondary N) is 1. The van der Waals surface area contributed by atoms with E-state index >= 15 is 0 Å². The molecule has 0 aromatic carbocycles. The first-order chi connectivity index (χ1) is 7.43. The Morgan fingerprint density at radius 1 is 1.50 bits per heavy atom. The van der Waals surface area contributed by atoms with Gasteiger partial charge in [0.1, 0.15) is 6.10 Å². The summed E-state index contributed by atoms with van der Waals surface area (Å²) in [5.74, 6) is -1.72. The van der Waals surface area contributed by atoms with Gasteiger partial charge in [-0.15, -0.1) is 0 Å². The predicted molar refractivity (Wildman–Crippen MR) is 54.9 cm³/mol. The van der Waals surface area contributed by atoms with E-state index in [2.05, 4.69) is 5.32 Å². The van der Waals surface area contributed by atoms with Crippen molar-refractivity contribution >= 4 is 11.9 Å². The Hall–Kier alpha value is -1.14. The van der Waals surface area contributed by atoms with Crippen LogP contribution in [0.4, 0.5) is 0 Å². The van der Waals surface area contributed by atoms with E-state index in [-0.39, 0.29) is 12.5 Å². The maximum Gasteiger partial charge on any atom is 0.337 e. The minimum atomic E-state index is -1.94. The quantitative estimate of drug-likeness (QED) is 0.606. The molecule has 1 aliphatic rings. The molecular formula is C10H17NO5. The van der Waals surface area contributed by atoms with E-state index in [1.54, 1.807) is 0 Å². The largest absolute Gasteiger partial charge is 0.479 e. The van der Waals surface area contributed by atoms with E-state index < -0.39 is 17.7 Å². The summed E-state index contributed by atoms with van der Waals surface area (Å²) in [6.07, 6.45) is 1.99. The molecule has 1 fully saturated rings. The SMILES string of the molecule is CC(O)(CNC(=O)C1CCCCO1)C(=O)O. The Morgan fingerprint density at radius 2 is 2.19 bits per heavy atom. The normalized spacial score (nSPS) is 24.5. The number of carboxylic acid groups (broad SMARTS) is 1. The number of carboxylic acids is 1. The minimum absolute atomic E-state index is 0.318. The van der Waals surface area contributed by atoms with Crippen molar-refractivity contribution in [2.24, 2.45) is 0 Å². The van der Waals surface area contributed by atoms with Gasteiger partial charge in [0, 0.05) is 6.61 Å². The number of hydrogen-bond donors (Lipinski definition) is 3. The van der Waals surface area contributed by atoms with Gasteiger partial charge in [0.2, 0.25) is 5.91 Å². The van der Waals surface area contributed by atoms with E-state index in [9.17, 15) is 14.7 Å². The van der Waals surface area contributed by atoms with E-state index in [4.69, 9.17) is 9.84 Å². The van der Waals surface area contributed by atoms with Crippen LogP contribution >= 0.6 is 0 Å². The summed E-state index contributed by atoms with van der Waals surface area (Å²) < 4.78 is 5.22. The van der Waals surface area contributed by atoms with Crippen molar-refractivity contribution in [3.05, 3.63) is 0 Å². The first-order valence-corrected chi connectivity index (χ1v) is 5.28. The summed E-state index contributed by atoms with van der Waals surface area (Å²) in [5.41, 5.74) is -1.94. The summed E-state index contributed by atoms with van der Waals surface area (Å²) >= 11 is 0. The molecule has 0 bridgehead atoms. The Kier molecular flexibility index (Phi) is 4.26. The lowest BCUT2D eigenvalue weighted by Gasteiger charge is -2.24. The second kappa shape index (κ2) is 5.27. The molecule has 3 N–H and O–H groups in total. The van der Waals surface area contributed by atoms with Crippen LogP contribution in [-0.4, -0.2) is 46.9 Å². The number of rotatable bonds is 4. The van der Waals surface area contributed by atoms with Gasteiger partial charge in [-0.3, -0.25) is 4.79 Å². The highest BCUT2D eigenvalue weighted by molar-refractivity contribution is 5.82. The topological polar surface area (TPSA) is 95.9 Å².